The summed E-state index contributed by atoms with van der Waals surface area (Å²) >= 11 is 0. The number of hydrogen-bond donors (Lipinski definition) is 0. The van der Waals surface area contributed by atoms with Crippen LogP contribution in [0.3, 0.4) is 0 Å². The van der Waals surface area contributed by atoms with Crippen molar-refractivity contribution in [2.75, 3.05) is 11.4 Å². The highest BCUT2D eigenvalue weighted by molar-refractivity contribution is 6.62. The molecular formula is C23H32BNO2. The van der Waals surface area contributed by atoms with Gasteiger partial charge in [0.05, 0.1) is 11.2 Å². The molecule has 0 spiro atoms. The van der Waals surface area contributed by atoms with E-state index in [1.165, 1.54) is 24.1 Å². The lowest BCUT2D eigenvalue weighted by Crippen LogP contribution is -2.41. The van der Waals surface area contributed by atoms with Crippen LogP contribution in [0, 0.1) is 0 Å². The van der Waals surface area contributed by atoms with Gasteiger partial charge in [0.1, 0.15) is 0 Å². The average Bonchev–Trinajstić information content (AvgIpc) is 2.87. The zero-order valence-electron chi connectivity index (χ0n) is 17.4. The van der Waals surface area contributed by atoms with Gasteiger partial charge in [0, 0.05) is 18.8 Å². The zero-order valence-corrected chi connectivity index (χ0v) is 17.4. The quantitative estimate of drug-likeness (QED) is 0.659. The first kappa shape index (κ1) is 20.0. The molecule has 1 aliphatic heterocycles. The van der Waals surface area contributed by atoms with E-state index in [1.54, 1.807) is 0 Å². The molecule has 0 aromatic heterocycles. The minimum atomic E-state index is -0.309. The number of hydrogen-bond acceptors (Lipinski definition) is 3. The summed E-state index contributed by atoms with van der Waals surface area (Å²) in [7, 11) is -0.303. The molecule has 1 saturated heterocycles. The molecule has 0 aliphatic carbocycles. The molecule has 27 heavy (non-hydrogen) atoms. The van der Waals surface area contributed by atoms with Gasteiger partial charge in [-0.3, -0.25) is 0 Å². The highest BCUT2D eigenvalue weighted by Gasteiger charge is 2.51. The van der Waals surface area contributed by atoms with Gasteiger partial charge in [0.2, 0.25) is 0 Å². The van der Waals surface area contributed by atoms with Crippen LogP contribution in [0.25, 0.3) is 0 Å². The second-order valence-corrected chi connectivity index (χ2v) is 8.44. The summed E-state index contributed by atoms with van der Waals surface area (Å²) in [6, 6.07) is 19.3. The van der Waals surface area contributed by atoms with Gasteiger partial charge in [-0.15, -0.1) is 0 Å². The zero-order chi connectivity index (χ0) is 19.5. The first-order valence-corrected chi connectivity index (χ1v) is 10.1. The molecule has 2 aromatic rings. The molecular weight excluding hydrogens is 333 g/mol. The summed E-state index contributed by atoms with van der Waals surface area (Å²) < 4.78 is 12.4. The topological polar surface area (TPSA) is 21.7 Å². The van der Waals surface area contributed by atoms with Gasteiger partial charge < -0.3 is 14.2 Å². The van der Waals surface area contributed by atoms with Crippen LogP contribution in [0.2, 0.25) is 0 Å². The Hall–Kier alpha value is -1.78. The van der Waals surface area contributed by atoms with Crippen molar-refractivity contribution in [1.29, 1.82) is 0 Å². The number of anilines is 1. The van der Waals surface area contributed by atoms with Gasteiger partial charge in [-0.1, -0.05) is 55.8 Å². The maximum absolute atomic E-state index is 6.18. The van der Waals surface area contributed by atoms with Crippen molar-refractivity contribution in [3.63, 3.8) is 0 Å². The fourth-order valence-corrected chi connectivity index (χ4v) is 3.27. The van der Waals surface area contributed by atoms with Crippen LogP contribution >= 0.6 is 0 Å². The lowest BCUT2D eigenvalue weighted by molar-refractivity contribution is 0.00578. The molecule has 0 radical (unpaired) electrons. The van der Waals surface area contributed by atoms with Crippen molar-refractivity contribution < 1.29 is 9.31 Å². The molecule has 0 N–H and O–H groups in total. The maximum Gasteiger partial charge on any atom is 0.494 e. The number of rotatable bonds is 7. The molecule has 3 nitrogen and oxygen atoms in total. The molecule has 4 heteroatoms. The van der Waals surface area contributed by atoms with E-state index in [1.807, 2.05) is 0 Å². The summed E-state index contributed by atoms with van der Waals surface area (Å²) in [5.74, 6) is 0. The molecule has 3 rings (SSSR count). The number of nitrogens with zero attached hydrogens (tertiary/aromatic N) is 1. The first-order valence-electron chi connectivity index (χ1n) is 10.1. The minimum Gasteiger partial charge on any atom is -0.399 e. The normalized spacial score (nSPS) is 17.9. The third-order valence-electron chi connectivity index (χ3n) is 5.78. The summed E-state index contributed by atoms with van der Waals surface area (Å²) in [6.45, 7) is 12.6. The van der Waals surface area contributed by atoms with E-state index >= 15 is 0 Å². The first-order chi connectivity index (χ1) is 12.8. The Morgan fingerprint density at radius 1 is 0.852 bits per heavy atom. The monoisotopic (exact) mass is 365 g/mol. The van der Waals surface area contributed by atoms with E-state index < -0.39 is 0 Å². The summed E-state index contributed by atoms with van der Waals surface area (Å²) in [6.07, 6.45) is 2.38. The summed E-state index contributed by atoms with van der Waals surface area (Å²) in [4.78, 5) is 2.45. The van der Waals surface area contributed by atoms with Crippen molar-refractivity contribution in [2.45, 2.75) is 65.2 Å². The van der Waals surface area contributed by atoms with Crippen LogP contribution < -0.4 is 10.4 Å². The van der Waals surface area contributed by atoms with Crippen molar-refractivity contribution in [3.05, 3.63) is 60.2 Å². The fraction of sp³-hybridized carbons (Fsp3) is 0.478. The van der Waals surface area contributed by atoms with Gasteiger partial charge in [-0.25, -0.2) is 0 Å². The molecule has 0 saturated carbocycles. The van der Waals surface area contributed by atoms with Gasteiger partial charge in [-0.2, -0.15) is 0 Å². The smallest absolute Gasteiger partial charge is 0.399 e. The Labute approximate surface area is 164 Å². The number of benzene rings is 2. The molecule has 0 amide bonds. The van der Waals surface area contributed by atoms with Gasteiger partial charge in [0.15, 0.2) is 0 Å². The second kappa shape index (κ2) is 8.08. The van der Waals surface area contributed by atoms with Crippen LogP contribution in [-0.2, 0) is 15.9 Å². The van der Waals surface area contributed by atoms with Crippen LogP contribution in [0.5, 0.6) is 0 Å². The average molecular weight is 365 g/mol. The van der Waals surface area contributed by atoms with Crippen LogP contribution in [0.4, 0.5) is 5.69 Å². The SMILES string of the molecule is CCCCN(Cc1ccccc1)c1ccc(B2OC(C)(C)C(C)(C)O2)cc1. The van der Waals surface area contributed by atoms with E-state index in [9.17, 15) is 0 Å². The lowest BCUT2D eigenvalue weighted by atomic mass is 9.79. The Bertz CT molecular complexity index is 712. The van der Waals surface area contributed by atoms with Gasteiger partial charge in [-0.05, 0) is 57.3 Å². The third-order valence-corrected chi connectivity index (χ3v) is 5.78. The lowest BCUT2D eigenvalue weighted by Gasteiger charge is -2.32. The molecule has 0 unspecified atom stereocenters. The molecule has 144 valence electrons. The van der Waals surface area contributed by atoms with Crippen molar-refractivity contribution >= 4 is 18.3 Å². The maximum atomic E-state index is 6.18. The van der Waals surface area contributed by atoms with Crippen molar-refractivity contribution in [3.8, 4) is 0 Å². The van der Waals surface area contributed by atoms with Gasteiger partial charge >= 0.3 is 7.12 Å². The Kier molecular flexibility index (Phi) is 5.97. The van der Waals surface area contributed by atoms with E-state index in [0.29, 0.717) is 0 Å². The largest absolute Gasteiger partial charge is 0.494 e. The Morgan fingerprint density at radius 3 is 2.00 bits per heavy atom. The Balaban J connectivity index is 1.75. The van der Waals surface area contributed by atoms with Crippen LogP contribution in [0.1, 0.15) is 53.0 Å². The Morgan fingerprint density at radius 2 is 1.44 bits per heavy atom. The summed E-state index contributed by atoms with van der Waals surface area (Å²) in [5, 5.41) is 0. The van der Waals surface area contributed by atoms with Crippen LogP contribution in [-0.4, -0.2) is 24.9 Å². The predicted molar refractivity (Wildman–Crippen MR) is 115 cm³/mol. The van der Waals surface area contributed by atoms with E-state index in [-0.39, 0.29) is 18.3 Å². The standard InChI is InChI=1S/C23H32BNO2/c1-6-7-17-25(18-19-11-9-8-10-12-19)21-15-13-20(14-16-21)24-26-22(2,3)23(4,5)27-24/h8-16H,6-7,17-18H2,1-5H3. The van der Waals surface area contributed by atoms with Crippen molar-refractivity contribution in [1.82, 2.24) is 0 Å². The second-order valence-electron chi connectivity index (χ2n) is 8.44. The van der Waals surface area contributed by atoms with Crippen LogP contribution in [0.15, 0.2) is 54.6 Å². The molecule has 0 bridgehead atoms. The highest BCUT2D eigenvalue weighted by atomic mass is 16.7. The molecule has 1 fully saturated rings. The predicted octanol–water partition coefficient (Wildman–Crippen LogP) is 4.79. The summed E-state index contributed by atoms with van der Waals surface area (Å²) in [5.41, 5.74) is 3.04. The molecule has 1 heterocycles. The van der Waals surface area contributed by atoms with Crippen molar-refractivity contribution in [2.24, 2.45) is 0 Å². The molecule has 0 atom stereocenters. The number of unbranched alkanes of at least 4 members (excludes halogenated alkanes) is 1. The molecule has 1 aliphatic rings. The molecule has 2 aromatic carbocycles. The highest BCUT2D eigenvalue weighted by Crippen LogP contribution is 2.36. The fourth-order valence-electron chi connectivity index (χ4n) is 3.27. The van der Waals surface area contributed by atoms with E-state index in [0.717, 1.165) is 18.6 Å². The third kappa shape index (κ3) is 4.56. The van der Waals surface area contributed by atoms with E-state index in [2.05, 4.69) is 94.1 Å². The minimum absolute atomic E-state index is 0.303. The van der Waals surface area contributed by atoms with E-state index in [4.69, 9.17) is 9.31 Å². The van der Waals surface area contributed by atoms with Gasteiger partial charge in [0.25, 0.3) is 0 Å².